The van der Waals surface area contributed by atoms with Gasteiger partial charge in [-0.05, 0) is 61.9 Å². The third-order valence-corrected chi connectivity index (χ3v) is 4.82. The third kappa shape index (κ3) is 7.01. The minimum absolute atomic E-state index is 0.0237. The maximum Gasteiger partial charge on any atom is 0.227 e. The second-order valence-corrected chi connectivity index (χ2v) is 7.75. The Morgan fingerprint density at radius 1 is 0.964 bits per heavy atom. The van der Waals surface area contributed by atoms with Gasteiger partial charge in [0.2, 0.25) is 5.91 Å². The summed E-state index contributed by atoms with van der Waals surface area (Å²) in [5, 5.41) is 3.24. The zero-order valence-electron chi connectivity index (χ0n) is 17.4. The van der Waals surface area contributed by atoms with Crippen molar-refractivity contribution in [2.45, 2.75) is 52.0 Å². The monoisotopic (exact) mass is 382 g/mol. The zero-order valence-corrected chi connectivity index (χ0v) is 17.4. The normalized spacial score (nSPS) is 13.2. The van der Waals surface area contributed by atoms with E-state index in [1.165, 1.54) is 0 Å². The van der Waals surface area contributed by atoms with E-state index in [2.05, 4.69) is 31.3 Å². The molecule has 0 fully saturated rings. The van der Waals surface area contributed by atoms with Crippen molar-refractivity contribution in [2.75, 3.05) is 13.2 Å². The van der Waals surface area contributed by atoms with E-state index >= 15 is 0 Å². The fourth-order valence-electron chi connectivity index (χ4n) is 3.06. The van der Waals surface area contributed by atoms with E-state index in [1.807, 2.05) is 49.4 Å². The zero-order chi connectivity index (χ0) is 20.4. The van der Waals surface area contributed by atoms with Crippen LogP contribution in [-0.2, 0) is 4.79 Å². The van der Waals surface area contributed by atoms with Gasteiger partial charge in [-0.3, -0.25) is 4.79 Å². The minimum Gasteiger partial charge on any atom is -0.493 e. The Kier molecular flexibility index (Phi) is 9.02. The highest BCUT2D eigenvalue weighted by atomic mass is 16.5. The lowest BCUT2D eigenvalue weighted by Crippen LogP contribution is -2.32. The molecule has 0 aliphatic heterocycles. The van der Waals surface area contributed by atoms with E-state index in [4.69, 9.17) is 10.5 Å². The van der Waals surface area contributed by atoms with Crippen LogP contribution in [0.3, 0.4) is 0 Å². The van der Waals surface area contributed by atoms with Crippen LogP contribution in [0.2, 0.25) is 0 Å². The van der Waals surface area contributed by atoms with Gasteiger partial charge in [0.1, 0.15) is 5.75 Å². The van der Waals surface area contributed by atoms with Crippen LogP contribution in [0.1, 0.15) is 63.1 Å². The lowest BCUT2D eigenvalue weighted by atomic mass is 9.97. The smallest absolute Gasteiger partial charge is 0.227 e. The van der Waals surface area contributed by atoms with E-state index in [9.17, 15) is 4.79 Å². The molecule has 1 amide bonds. The fraction of sp³-hybridized carbons (Fsp3) is 0.458. The molecule has 0 bridgehead atoms. The van der Waals surface area contributed by atoms with Crippen molar-refractivity contribution in [1.29, 1.82) is 0 Å². The molecule has 28 heavy (non-hydrogen) atoms. The second-order valence-electron chi connectivity index (χ2n) is 7.75. The summed E-state index contributed by atoms with van der Waals surface area (Å²) in [6.45, 7) is 7.58. The van der Waals surface area contributed by atoms with Gasteiger partial charge in [0.05, 0.1) is 18.6 Å². The summed E-state index contributed by atoms with van der Waals surface area (Å²) in [5.74, 6) is 1.21. The molecular weight excluding hydrogens is 348 g/mol. The Balaban J connectivity index is 2.07. The number of ether oxygens (including phenoxy) is 1. The van der Waals surface area contributed by atoms with Crippen molar-refractivity contribution in [1.82, 2.24) is 5.32 Å². The molecule has 2 rings (SSSR count). The van der Waals surface area contributed by atoms with Crippen molar-refractivity contribution >= 4 is 5.91 Å². The predicted molar refractivity (Wildman–Crippen MR) is 115 cm³/mol. The highest BCUT2D eigenvalue weighted by molar-refractivity contribution is 5.83. The number of carbonyl (C=O) groups is 1. The van der Waals surface area contributed by atoms with Crippen LogP contribution in [0.25, 0.3) is 0 Å². The summed E-state index contributed by atoms with van der Waals surface area (Å²) < 4.78 is 5.77. The number of hydrogen-bond donors (Lipinski definition) is 2. The van der Waals surface area contributed by atoms with Gasteiger partial charge >= 0.3 is 0 Å². The van der Waals surface area contributed by atoms with Crippen molar-refractivity contribution in [3.8, 4) is 5.75 Å². The molecule has 3 N–H and O–H groups in total. The van der Waals surface area contributed by atoms with E-state index < -0.39 is 0 Å². The van der Waals surface area contributed by atoms with Gasteiger partial charge in [-0.25, -0.2) is 0 Å². The Labute approximate surface area is 169 Å². The van der Waals surface area contributed by atoms with Crippen LogP contribution in [0.5, 0.6) is 5.75 Å². The van der Waals surface area contributed by atoms with Crippen LogP contribution < -0.4 is 15.8 Å². The molecule has 0 aromatic heterocycles. The number of nitrogens with two attached hydrogens (primary N) is 1. The summed E-state index contributed by atoms with van der Waals surface area (Å²) >= 11 is 0. The first-order chi connectivity index (χ1) is 13.5. The number of amides is 1. The summed E-state index contributed by atoms with van der Waals surface area (Å²) in [6, 6.07) is 17.9. The first-order valence-electron chi connectivity index (χ1n) is 10.3. The molecule has 0 heterocycles. The maximum absolute atomic E-state index is 12.8. The molecule has 152 valence electrons. The van der Waals surface area contributed by atoms with Crippen LogP contribution in [-0.4, -0.2) is 19.1 Å². The first kappa shape index (κ1) is 22.0. The highest BCUT2D eigenvalue weighted by Crippen LogP contribution is 2.24. The highest BCUT2D eigenvalue weighted by Gasteiger charge is 2.20. The van der Waals surface area contributed by atoms with E-state index in [1.54, 1.807) is 0 Å². The number of benzene rings is 2. The molecule has 0 radical (unpaired) electrons. The molecule has 2 unspecified atom stereocenters. The molecule has 0 aliphatic rings. The van der Waals surface area contributed by atoms with E-state index in [-0.39, 0.29) is 17.9 Å². The Morgan fingerprint density at radius 3 is 2.25 bits per heavy atom. The summed E-state index contributed by atoms with van der Waals surface area (Å²) in [6.07, 6.45) is 2.81. The van der Waals surface area contributed by atoms with Crippen LogP contribution in [0, 0.1) is 5.92 Å². The SMILES string of the molecule is CC(C)COc1ccc(C(CCCCN)NC(=O)C(C)c2ccccc2)cc1. The Morgan fingerprint density at radius 2 is 1.64 bits per heavy atom. The Bertz CT molecular complexity index is 698. The number of hydrogen-bond acceptors (Lipinski definition) is 3. The standard InChI is InChI=1S/C24H34N2O2/c1-18(2)17-28-22-14-12-21(13-15-22)23(11-7-8-16-25)26-24(27)19(3)20-9-5-4-6-10-20/h4-6,9-10,12-15,18-19,23H,7-8,11,16-17,25H2,1-3H3,(H,26,27). The largest absolute Gasteiger partial charge is 0.493 e. The molecule has 4 heteroatoms. The molecule has 0 aliphatic carbocycles. The number of unbranched alkanes of at least 4 members (excludes halogenated alkanes) is 1. The van der Waals surface area contributed by atoms with Crippen LogP contribution >= 0.6 is 0 Å². The van der Waals surface area contributed by atoms with Gasteiger partial charge in [0.25, 0.3) is 0 Å². The van der Waals surface area contributed by atoms with Crippen LogP contribution in [0.15, 0.2) is 54.6 Å². The lowest BCUT2D eigenvalue weighted by Gasteiger charge is -2.22. The molecular formula is C24H34N2O2. The van der Waals surface area contributed by atoms with Crippen molar-refractivity contribution in [2.24, 2.45) is 11.7 Å². The van der Waals surface area contributed by atoms with Crippen molar-refractivity contribution < 1.29 is 9.53 Å². The van der Waals surface area contributed by atoms with Crippen molar-refractivity contribution in [3.05, 3.63) is 65.7 Å². The van der Waals surface area contributed by atoms with Gasteiger partial charge in [-0.2, -0.15) is 0 Å². The van der Waals surface area contributed by atoms with E-state index in [0.29, 0.717) is 19.1 Å². The second kappa shape index (κ2) is 11.5. The first-order valence-corrected chi connectivity index (χ1v) is 10.3. The summed E-state index contributed by atoms with van der Waals surface area (Å²) in [5.41, 5.74) is 7.78. The molecule has 2 aromatic carbocycles. The van der Waals surface area contributed by atoms with Crippen molar-refractivity contribution in [3.63, 3.8) is 0 Å². The van der Waals surface area contributed by atoms with Gasteiger partial charge < -0.3 is 15.8 Å². The molecule has 2 aromatic rings. The molecule has 0 saturated carbocycles. The quantitative estimate of drug-likeness (QED) is 0.548. The third-order valence-electron chi connectivity index (χ3n) is 4.82. The Hall–Kier alpha value is -2.33. The molecule has 0 spiro atoms. The van der Waals surface area contributed by atoms with E-state index in [0.717, 1.165) is 36.1 Å². The maximum atomic E-state index is 12.8. The lowest BCUT2D eigenvalue weighted by molar-refractivity contribution is -0.123. The topological polar surface area (TPSA) is 64.3 Å². The van der Waals surface area contributed by atoms with Gasteiger partial charge in [-0.1, -0.05) is 56.3 Å². The van der Waals surface area contributed by atoms with Gasteiger partial charge in [0.15, 0.2) is 0 Å². The van der Waals surface area contributed by atoms with Gasteiger partial charge in [-0.15, -0.1) is 0 Å². The average molecular weight is 383 g/mol. The number of rotatable bonds is 11. The van der Waals surface area contributed by atoms with Gasteiger partial charge in [0, 0.05) is 0 Å². The summed E-state index contributed by atoms with van der Waals surface area (Å²) in [4.78, 5) is 12.8. The predicted octanol–water partition coefficient (Wildman–Crippen LogP) is 4.81. The molecule has 4 nitrogen and oxygen atoms in total. The minimum atomic E-state index is -0.188. The fourth-order valence-corrected chi connectivity index (χ4v) is 3.06. The average Bonchev–Trinajstić information content (AvgIpc) is 2.72. The number of carbonyl (C=O) groups excluding carboxylic acids is 1. The molecule has 0 saturated heterocycles. The van der Waals surface area contributed by atoms with Crippen LogP contribution in [0.4, 0.5) is 0 Å². The summed E-state index contributed by atoms with van der Waals surface area (Å²) in [7, 11) is 0. The number of nitrogens with one attached hydrogen (secondary N) is 1. The molecule has 2 atom stereocenters.